The van der Waals surface area contributed by atoms with E-state index in [4.69, 9.17) is 0 Å². The molecule has 0 fully saturated rings. The number of hydrogen-bond donors (Lipinski definition) is 2. The highest BCUT2D eigenvalue weighted by Crippen LogP contribution is 2.19. The quantitative estimate of drug-likeness (QED) is 0.807. The number of hydrogen-bond acceptors (Lipinski definition) is 3. The van der Waals surface area contributed by atoms with Crippen LogP contribution in [-0.4, -0.2) is 27.2 Å². The summed E-state index contributed by atoms with van der Waals surface area (Å²) in [7, 11) is -1.09. The fraction of sp³-hybridized carbons (Fsp3) is 0.278. The number of nitrogens with one attached hydrogen (secondary N) is 1. The van der Waals surface area contributed by atoms with Crippen molar-refractivity contribution in [3.05, 3.63) is 71.5 Å². The van der Waals surface area contributed by atoms with Gasteiger partial charge in [-0.15, -0.1) is 0 Å². The Kier molecular flexibility index (Phi) is 6.63. The van der Waals surface area contributed by atoms with E-state index in [1.165, 1.54) is 18.2 Å². The highest BCUT2D eigenvalue weighted by molar-refractivity contribution is 7.84. The van der Waals surface area contributed by atoms with Crippen molar-refractivity contribution < 1.29 is 18.5 Å². The summed E-state index contributed by atoms with van der Waals surface area (Å²) >= 11 is 0. The lowest BCUT2D eigenvalue weighted by Gasteiger charge is -2.19. The molecule has 0 aliphatic heterocycles. The van der Waals surface area contributed by atoms with Gasteiger partial charge >= 0.3 is 0 Å². The molecule has 0 aromatic heterocycles. The molecule has 0 aliphatic carbocycles. The lowest BCUT2D eigenvalue weighted by molar-refractivity contribution is -0.123. The molecule has 0 radical (unpaired) electrons. The minimum atomic E-state index is -1.09. The van der Waals surface area contributed by atoms with E-state index in [0.717, 1.165) is 5.56 Å². The van der Waals surface area contributed by atoms with Crippen LogP contribution in [0.3, 0.4) is 0 Å². The smallest absolute Gasteiger partial charge is 0.223 e. The van der Waals surface area contributed by atoms with Crippen molar-refractivity contribution in [1.29, 1.82) is 0 Å². The van der Waals surface area contributed by atoms with Crippen molar-refractivity contribution in [3.8, 4) is 0 Å². The van der Waals surface area contributed by atoms with Crippen molar-refractivity contribution >= 4 is 16.7 Å². The molecule has 2 N–H and O–H groups in total. The van der Waals surface area contributed by atoms with Gasteiger partial charge in [0.1, 0.15) is 5.82 Å². The van der Waals surface area contributed by atoms with Crippen molar-refractivity contribution in [3.63, 3.8) is 0 Å². The third kappa shape index (κ3) is 5.54. The van der Waals surface area contributed by atoms with Crippen LogP contribution in [0.2, 0.25) is 0 Å². The van der Waals surface area contributed by atoms with Gasteiger partial charge in [-0.3, -0.25) is 9.00 Å². The summed E-state index contributed by atoms with van der Waals surface area (Å²) in [5, 5.41) is 12.9. The van der Waals surface area contributed by atoms with E-state index in [0.29, 0.717) is 5.56 Å². The second-order valence-electron chi connectivity index (χ2n) is 5.55. The SMILES string of the molecule is CS(=O)CC(NC(=O)CC(O)c1cccc(F)c1)c1ccccc1. The largest absolute Gasteiger partial charge is 0.388 e. The van der Waals surface area contributed by atoms with Gasteiger partial charge in [0.2, 0.25) is 5.91 Å². The van der Waals surface area contributed by atoms with E-state index < -0.39 is 28.8 Å². The van der Waals surface area contributed by atoms with Gasteiger partial charge in [-0.25, -0.2) is 4.39 Å². The normalized spacial score (nSPS) is 14.6. The molecule has 24 heavy (non-hydrogen) atoms. The predicted molar refractivity (Wildman–Crippen MR) is 92.2 cm³/mol. The molecule has 0 aliphatic rings. The van der Waals surface area contributed by atoms with E-state index in [9.17, 15) is 18.5 Å². The summed E-state index contributed by atoms with van der Waals surface area (Å²) < 4.78 is 24.8. The molecule has 2 aromatic carbocycles. The fourth-order valence-electron chi connectivity index (χ4n) is 2.40. The van der Waals surface area contributed by atoms with Crippen LogP contribution in [0.4, 0.5) is 4.39 Å². The monoisotopic (exact) mass is 349 g/mol. The van der Waals surface area contributed by atoms with E-state index >= 15 is 0 Å². The summed E-state index contributed by atoms with van der Waals surface area (Å²) in [6.07, 6.45) is 0.288. The van der Waals surface area contributed by atoms with Crippen molar-refractivity contribution in [2.45, 2.75) is 18.6 Å². The molecular formula is C18H20FNO3S. The minimum absolute atomic E-state index is 0.191. The zero-order valence-corrected chi connectivity index (χ0v) is 14.1. The van der Waals surface area contributed by atoms with Crippen LogP contribution in [0.15, 0.2) is 54.6 Å². The Morgan fingerprint density at radius 3 is 2.46 bits per heavy atom. The van der Waals surface area contributed by atoms with Crippen LogP contribution in [0, 0.1) is 5.82 Å². The number of benzene rings is 2. The highest BCUT2D eigenvalue weighted by atomic mass is 32.2. The molecule has 128 valence electrons. The second kappa shape index (κ2) is 8.70. The third-order valence-corrected chi connectivity index (χ3v) is 4.35. The first-order valence-electron chi connectivity index (χ1n) is 7.53. The Labute approximate surface area is 143 Å². The van der Waals surface area contributed by atoms with Gasteiger partial charge in [-0.05, 0) is 23.3 Å². The molecule has 4 nitrogen and oxygen atoms in total. The molecular weight excluding hydrogens is 329 g/mol. The molecule has 0 saturated heterocycles. The molecule has 1 amide bonds. The van der Waals surface area contributed by atoms with E-state index in [-0.39, 0.29) is 18.1 Å². The van der Waals surface area contributed by atoms with Gasteiger partial charge in [0.05, 0.1) is 18.6 Å². The predicted octanol–water partition coefficient (Wildman–Crippen LogP) is 2.49. The van der Waals surface area contributed by atoms with Crippen molar-refractivity contribution in [1.82, 2.24) is 5.32 Å². The second-order valence-corrected chi connectivity index (χ2v) is 7.03. The number of halogens is 1. The number of carbonyl (C=O) groups is 1. The average Bonchev–Trinajstić information content (AvgIpc) is 2.54. The topological polar surface area (TPSA) is 66.4 Å². The maximum Gasteiger partial charge on any atom is 0.223 e. The molecule has 3 atom stereocenters. The first-order chi connectivity index (χ1) is 11.5. The Hall–Kier alpha value is -2.05. The van der Waals surface area contributed by atoms with Crippen molar-refractivity contribution in [2.24, 2.45) is 0 Å². The van der Waals surface area contributed by atoms with E-state index in [2.05, 4.69) is 5.32 Å². The van der Waals surface area contributed by atoms with Gasteiger partial charge in [0.25, 0.3) is 0 Å². The van der Waals surface area contributed by atoms with Gasteiger partial charge < -0.3 is 10.4 Å². The molecule has 0 saturated carbocycles. The fourth-order valence-corrected chi connectivity index (χ4v) is 3.15. The zero-order valence-electron chi connectivity index (χ0n) is 13.3. The van der Waals surface area contributed by atoms with E-state index in [1.54, 1.807) is 12.3 Å². The van der Waals surface area contributed by atoms with E-state index in [1.807, 2.05) is 30.3 Å². The molecule has 0 spiro atoms. The third-order valence-electron chi connectivity index (χ3n) is 3.55. The standard InChI is InChI=1S/C18H20FNO3S/c1-24(23)12-16(13-6-3-2-4-7-13)20-18(22)11-17(21)14-8-5-9-15(19)10-14/h2-10,16-17,21H,11-12H2,1H3,(H,20,22). The van der Waals surface area contributed by atoms with Gasteiger partial charge in [-0.1, -0.05) is 42.5 Å². The van der Waals surface area contributed by atoms with Crippen LogP contribution in [0.25, 0.3) is 0 Å². The number of aliphatic hydroxyl groups excluding tert-OH is 1. The van der Waals surface area contributed by atoms with Crippen LogP contribution in [0.5, 0.6) is 0 Å². The maximum atomic E-state index is 13.2. The summed E-state index contributed by atoms with van der Waals surface area (Å²) in [4.78, 5) is 12.2. The summed E-state index contributed by atoms with van der Waals surface area (Å²) in [6, 6.07) is 14.4. The zero-order chi connectivity index (χ0) is 17.5. The van der Waals surface area contributed by atoms with Crippen LogP contribution in [0.1, 0.15) is 29.7 Å². The first-order valence-corrected chi connectivity index (χ1v) is 9.26. The summed E-state index contributed by atoms with van der Waals surface area (Å²) in [6.45, 7) is 0. The Morgan fingerprint density at radius 1 is 1.17 bits per heavy atom. The van der Waals surface area contributed by atoms with Gasteiger partial charge in [-0.2, -0.15) is 0 Å². The van der Waals surface area contributed by atoms with Crippen LogP contribution in [-0.2, 0) is 15.6 Å². The Balaban J connectivity index is 2.03. The Morgan fingerprint density at radius 2 is 1.83 bits per heavy atom. The summed E-state index contributed by atoms with van der Waals surface area (Å²) in [5.41, 5.74) is 1.20. The average molecular weight is 349 g/mol. The van der Waals surface area contributed by atoms with Crippen molar-refractivity contribution in [2.75, 3.05) is 12.0 Å². The highest BCUT2D eigenvalue weighted by Gasteiger charge is 2.19. The molecule has 0 heterocycles. The number of aliphatic hydroxyl groups is 1. The maximum absolute atomic E-state index is 13.2. The molecule has 3 unspecified atom stereocenters. The van der Waals surface area contributed by atoms with Gasteiger partial charge in [0.15, 0.2) is 0 Å². The molecule has 2 rings (SSSR count). The minimum Gasteiger partial charge on any atom is -0.388 e. The summed E-state index contributed by atoms with van der Waals surface area (Å²) in [5.74, 6) is -0.562. The first kappa shape index (κ1) is 18.3. The van der Waals surface area contributed by atoms with Crippen LogP contribution >= 0.6 is 0 Å². The number of amides is 1. The van der Waals surface area contributed by atoms with Crippen LogP contribution < -0.4 is 5.32 Å². The lowest BCUT2D eigenvalue weighted by atomic mass is 10.0. The van der Waals surface area contributed by atoms with Gasteiger partial charge in [0, 0.05) is 22.8 Å². The molecule has 6 heteroatoms. The molecule has 0 bridgehead atoms. The lowest BCUT2D eigenvalue weighted by Crippen LogP contribution is -2.32. The Bertz CT molecular complexity index is 708. The number of carbonyl (C=O) groups excluding carboxylic acids is 1. The molecule has 2 aromatic rings. The number of rotatable bonds is 7.